The Bertz CT molecular complexity index is 1250. The van der Waals surface area contributed by atoms with Gasteiger partial charge in [-0.05, 0) is 61.5 Å². The van der Waals surface area contributed by atoms with Crippen molar-refractivity contribution in [2.24, 2.45) is 0 Å². The van der Waals surface area contributed by atoms with E-state index in [0.29, 0.717) is 16.4 Å². The predicted molar refractivity (Wildman–Crippen MR) is 126 cm³/mol. The van der Waals surface area contributed by atoms with Crippen LogP contribution in [0.3, 0.4) is 0 Å². The fourth-order valence-electron chi connectivity index (χ4n) is 2.69. The lowest BCUT2D eigenvalue weighted by atomic mass is 10.2. The number of benzene rings is 3. The number of halogens is 2. The standard InChI is InChI=1S/C22H19Cl2N3O4S/c1-14-2-9-18(10-3-14)32(30,31)27-17-7-5-16(6-8-17)26-21(28)13-25-22(29)19-11-4-15(23)12-20(19)24/h2-12,27H,13H2,1H3,(H,25,29)(H,26,28). The molecule has 0 atom stereocenters. The lowest BCUT2D eigenvalue weighted by Crippen LogP contribution is -2.33. The number of carbonyl (C=O) groups excluding carboxylic acids is 2. The normalized spacial score (nSPS) is 11.0. The maximum absolute atomic E-state index is 12.4. The number of aryl methyl sites for hydroxylation is 1. The Balaban J connectivity index is 1.55. The summed E-state index contributed by atoms with van der Waals surface area (Å²) in [6.45, 7) is 1.59. The van der Waals surface area contributed by atoms with Crippen LogP contribution in [0, 0.1) is 6.92 Å². The van der Waals surface area contributed by atoms with Crippen molar-refractivity contribution in [3.63, 3.8) is 0 Å². The highest BCUT2D eigenvalue weighted by molar-refractivity contribution is 7.92. The Morgan fingerprint density at radius 3 is 2.12 bits per heavy atom. The average molecular weight is 492 g/mol. The van der Waals surface area contributed by atoms with Crippen molar-refractivity contribution in [3.8, 4) is 0 Å². The first-order valence-corrected chi connectivity index (χ1v) is 11.6. The van der Waals surface area contributed by atoms with Gasteiger partial charge in [0.1, 0.15) is 0 Å². The summed E-state index contributed by atoms with van der Waals surface area (Å²) in [7, 11) is -3.72. The van der Waals surface area contributed by atoms with E-state index >= 15 is 0 Å². The molecule has 0 saturated heterocycles. The molecule has 0 aliphatic rings. The van der Waals surface area contributed by atoms with Crippen molar-refractivity contribution in [1.82, 2.24) is 5.32 Å². The van der Waals surface area contributed by atoms with E-state index in [1.807, 2.05) is 6.92 Å². The molecule has 0 saturated carbocycles. The van der Waals surface area contributed by atoms with Crippen LogP contribution in [0.1, 0.15) is 15.9 Å². The predicted octanol–water partition coefficient (Wildman–Crippen LogP) is 4.47. The number of rotatable bonds is 7. The molecule has 0 aliphatic heterocycles. The van der Waals surface area contributed by atoms with Crippen LogP contribution in [0.4, 0.5) is 11.4 Å². The molecule has 3 N–H and O–H groups in total. The highest BCUT2D eigenvalue weighted by Crippen LogP contribution is 2.21. The fourth-order valence-corrected chi connectivity index (χ4v) is 4.24. The quantitative estimate of drug-likeness (QED) is 0.453. The van der Waals surface area contributed by atoms with Gasteiger partial charge in [0, 0.05) is 16.4 Å². The van der Waals surface area contributed by atoms with Gasteiger partial charge in [0.05, 0.1) is 22.0 Å². The van der Waals surface area contributed by atoms with E-state index in [9.17, 15) is 18.0 Å². The van der Waals surface area contributed by atoms with Crippen molar-refractivity contribution in [2.75, 3.05) is 16.6 Å². The van der Waals surface area contributed by atoms with E-state index in [1.165, 1.54) is 42.5 Å². The van der Waals surface area contributed by atoms with Crippen LogP contribution in [0.2, 0.25) is 10.0 Å². The number of sulfonamides is 1. The molecule has 0 fully saturated rings. The molecule has 2 amide bonds. The van der Waals surface area contributed by atoms with Gasteiger partial charge in [-0.2, -0.15) is 0 Å². The van der Waals surface area contributed by atoms with Crippen LogP contribution in [0.15, 0.2) is 71.6 Å². The molecule has 3 aromatic rings. The second-order valence-electron chi connectivity index (χ2n) is 6.85. The zero-order valence-corrected chi connectivity index (χ0v) is 19.2. The second kappa shape index (κ2) is 10.0. The summed E-state index contributed by atoms with van der Waals surface area (Å²) in [5.41, 5.74) is 1.94. The SMILES string of the molecule is Cc1ccc(S(=O)(=O)Nc2ccc(NC(=O)CNC(=O)c3ccc(Cl)cc3Cl)cc2)cc1. The first-order chi connectivity index (χ1) is 15.1. The van der Waals surface area contributed by atoms with Crippen molar-refractivity contribution in [3.05, 3.63) is 87.9 Å². The Kier molecular flexibility index (Phi) is 7.40. The van der Waals surface area contributed by atoms with E-state index in [0.717, 1.165) is 5.56 Å². The minimum absolute atomic E-state index is 0.150. The molecule has 3 rings (SSSR count). The average Bonchev–Trinajstić information content (AvgIpc) is 2.73. The highest BCUT2D eigenvalue weighted by atomic mass is 35.5. The smallest absolute Gasteiger partial charge is 0.261 e. The van der Waals surface area contributed by atoms with Crippen molar-refractivity contribution >= 4 is 56.4 Å². The number of nitrogens with one attached hydrogen (secondary N) is 3. The molecule has 10 heteroatoms. The molecule has 0 radical (unpaired) electrons. The van der Waals surface area contributed by atoms with E-state index in [2.05, 4.69) is 15.4 Å². The summed E-state index contributed by atoms with van der Waals surface area (Å²) >= 11 is 11.8. The van der Waals surface area contributed by atoms with Gasteiger partial charge in [0.15, 0.2) is 0 Å². The first-order valence-electron chi connectivity index (χ1n) is 9.37. The Labute approximate surface area is 195 Å². The van der Waals surface area contributed by atoms with Crippen molar-refractivity contribution in [2.45, 2.75) is 11.8 Å². The largest absolute Gasteiger partial charge is 0.343 e. The zero-order chi connectivity index (χ0) is 23.3. The summed E-state index contributed by atoms with van der Waals surface area (Å²) in [6.07, 6.45) is 0. The number of amides is 2. The van der Waals surface area contributed by atoms with Crippen LogP contribution in [-0.4, -0.2) is 26.8 Å². The number of anilines is 2. The zero-order valence-electron chi connectivity index (χ0n) is 16.9. The molecule has 32 heavy (non-hydrogen) atoms. The van der Waals surface area contributed by atoms with Gasteiger partial charge in [-0.15, -0.1) is 0 Å². The molecule has 0 aliphatic carbocycles. The Morgan fingerprint density at radius 2 is 1.50 bits per heavy atom. The third-order valence-corrected chi connectivity index (χ3v) is 6.28. The van der Waals surface area contributed by atoms with E-state index in [4.69, 9.17) is 23.2 Å². The van der Waals surface area contributed by atoms with Gasteiger partial charge in [-0.3, -0.25) is 14.3 Å². The summed E-state index contributed by atoms with van der Waals surface area (Å²) in [4.78, 5) is 24.4. The minimum atomic E-state index is -3.72. The third kappa shape index (κ3) is 6.23. The molecule has 166 valence electrons. The van der Waals surface area contributed by atoms with E-state index in [1.54, 1.807) is 24.3 Å². The summed E-state index contributed by atoms with van der Waals surface area (Å²) in [5.74, 6) is -0.973. The maximum Gasteiger partial charge on any atom is 0.261 e. The molecule has 7 nitrogen and oxygen atoms in total. The number of hydrogen-bond donors (Lipinski definition) is 3. The molecule has 0 aromatic heterocycles. The van der Waals surface area contributed by atoms with Crippen LogP contribution >= 0.6 is 23.2 Å². The monoisotopic (exact) mass is 491 g/mol. The van der Waals surface area contributed by atoms with Crippen LogP contribution in [-0.2, 0) is 14.8 Å². The number of carbonyl (C=O) groups is 2. The molecule has 0 heterocycles. The molecular formula is C22H19Cl2N3O4S. The minimum Gasteiger partial charge on any atom is -0.343 e. The summed E-state index contributed by atoms with van der Waals surface area (Å²) < 4.78 is 27.4. The van der Waals surface area contributed by atoms with Gasteiger partial charge in [0.2, 0.25) is 5.91 Å². The van der Waals surface area contributed by atoms with Crippen molar-refractivity contribution in [1.29, 1.82) is 0 Å². The van der Waals surface area contributed by atoms with Gasteiger partial charge in [0.25, 0.3) is 15.9 Å². The van der Waals surface area contributed by atoms with Crippen molar-refractivity contribution < 1.29 is 18.0 Å². The van der Waals surface area contributed by atoms with Gasteiger partial charge >= 0.3 is 0 Å². The summed E-state index contributed by atoms with van der Waals surface area (Å²) in [5, 5.41) is 5.67. The Morgan fingerprint density at radius 1 is 0.875 bits per heavy atom. The molecule has 0 unspecified atom stereocenters. The van der Waals surface area contributed by atoms with E-state index in [-0.39, 0.29) is 22.0 Å². The second-order valence-corrected chi connectivity index (χ2v) is 9.38. The fraction of sp³-hybridized carbons (Fsp3) is 0.0909. The molecule has 0 spiro atoms. The summed E-state index contributed by atoms with van der Waals surface area (Å²) in [6, 6.07) is 17.0. The van der Waals surface area contributed by atoms with Gasteiger partial charge in [-0.25, -0.2) is 8.42 Å². The topological polar surface area (TPSA) is 104 Å². The first kappa shape index (κ1) is 23.6. The maximum atomic E-state index is 12.4. The van der Waals surface area contributed by atoms with E-state index < -0.39 is 21.8 Å². The lowest BCUT2D eigenvalue weighted by molar-refractivity contribution is -0.115. The van der Waals surface area contributed by atoms with Gasteiger partial charge < -0.3 is 10.6 Å². The molecular weight excluding hydrogens is 473 g/mol. The Hall–Kier alpha value is -3.07. The number of hydrogen-bond acceptors (Lipinski definition) is 4. The van der Waals surface area contributed by atoms with Crippen LogP contribution in [0.25, 0.3) is 0 Å². The lowest BCUT2D eigenvalue weighted by Gasteiger charge is -2.10. The van der Waals surface area contributed by atoms with Gasteiger partial charge in [-0.1, -0.05) is 40.9 Å². The third-order valence-electron chi connectivity index (χ3n) is 4.34. The molecule has 0 bridgehead atoms. The van der Waals surface area contributed by atoms with Crippen LogP contribution in [0.5, 0.6) is 0 Å². The molecule has 3 aromatic carbocycles. The van der Waals surface area contributed by atoms with Crippen LogP contribution < -0.4 is 15.4 Å². The highest BCUT2D eigenvalue weighted by Gasteiger charge is 2.14.